The molecule has 2 N–H and O–H groups in total. The van der Waals surface area contributed by atoms with E-state index in [1.807, 2.05) is 48.5 Å². The van der Waals surface area contributed by atoms with Crippen LogP contribution in [0, 0.1) is 5.82 Å². The highest BCUT2D eigenvalue weighted by molar-refractivity contribution is 5.85. The molecule has 154 valence electrons. The number of para-hydroxylation sites is 1. The van der Waals surface area contributed by atoms with Crippen molar-refractivity contribution in [3.63, 3.8) is 0 Å². The van der Waals surface area contributed by atoms with Crippen LogP contribution in [0.25, 0.3) is 11.1 Å². The third kappa shape index (κ3) is 5.44. The normalized spacial score (nSPS) is 11.5. The van der Waals surface area contributed by atoms with E-state index in [4.69, 9.17) is 4.74 Å². The highest BCUT2D eigenvalue weighted by Gasteiger charge is 2.20. The number of hydrogen-bond donors (Lipinski definition) is 2. The first-order valence-corrected chi connectivity index (χ1v) is 9.45. The van der Waals surface area contributed by atoms with Gasteiger partial charge in [-0.1, -0.05) is 54.6 Å². The fraction of sp³-hybridized carbons (Fsp3) is 0.167. The SMILES string of the molecule is COc1ccccc1-c1ccc(C[C@H](NC(=O)Cc2ccc(F)cc2)C(=O)O)cc1. The Balaban J connectivity index is 1.67. The van der Waals surface area contributed by atoms with Gasteiger partial charge in [-0.3, -0.25) is 4.79 Å². The molecule has 0 saturated heterocycles. The standard InChI is InChI=1S/C24H22FNO4/c1-30-22-5-3-2-4-20(22)18-10-6-16(7-11-18)14-21(24(28)29)26-23(27)15-17-8-12-19(25)13-9-17/h2-13,21H,14-15H2,1H3,(H,26,27)(H,28,29)/t21-/m0/s1. The lowest BCUT2D eigenvalue weighted by molar-refractivity contribution is -0.141. The Morgan fingerprint density at radius 1 is 0.967 bits per heavy atom. The molecule has 0 fully saturated rings. The van der Waals surface area contributed by atoms with Crippen LogP contribution in [0.3, 0.4) is 0 Å². The van der Waals surface area contributed by atoms with Crippen molar-refractivity contribution in [3.8, 4) is 16.9 Å². The van der Waals surface area contributed by atoms with Crippen LogP contribution in [-0.2, 0) is 22.4 Å². The van der Waals surface area contributed by atoms with E-state index in [1.54, 1.807) is 7.11 Å². The summed E-state index contributed by atoms with van der Waals surface area (Å²) < 4.78 is 18.4. The molecule has 0 aliphatic rings. The Morgan fingerprint density at radius 2 is 1.60 bits per heavy atom. The molecule has 0 radical (unpaired) electrons. The third-order valence-electron chi connectivity index (χ3n) is 4.72. The summed E-state index contributed by atoms with van der Waals surface area (Å²) in [5.41, 5.74) is 3.28. The number of hydrogen-bond acceptors (Lipinski definition) is 3. The Hall–Kier alpha value is -3.67. The molecule has 1 atom stereocenters. The van der Waals surface area contributed by atoms with Gasteiger partial charge >= 0.3 is 5.97 Å². The minimum absolute atomic E-state index is 0.0171. The van der Waals surface area contributed by atoms with Crippen molar-refractivity contribution < 1.29 is 23.8 Å². The Morgan fingerprint density at radius 3 is 2.23 bits per heavy atom. The minimum atomic E-state index is -1.11. The fourth-order valence-corrected chi connectivity index (χ4v) is 3.17. The number of ether oxygens (including phenoxy) is 1. The van der Waals surface area contributed by atoms with Gasteiger partial charge in [0.1, 0.15) is 17.6 Å². The Kier molecular flexibility index (Phi) is 6.80. The van der Waals surface area contributed by atoms with Crippen LogP contribution in [0.5, 0.6) is 5.75 Å². The van der Waals surface area contributed by atoms with Crippen LogP contribution >= 0.6 is 0 Å². The highest BCUT2D eigenvalue weighted by atomic mass is 19.1. The molecule has 0 unspecified atom stereocenters. The second-order valence-electron chi connectivity index (χ2n) is 6.86. The molecule has 0 aliphatic heterocycles. The lowest BCUT2D eigenvalue weighted by atomic mass is 10.00. The summed E-state index contributed by atoms with van der Waals surface area (Å²) in [5.74, 6) is -1.18. The smallest absolute Gasteiger partial charge is 0.326 e. The summed E-state index contributed by atoms with van der Waals surface area (Å²) in [4.78, 5) is 23.9. The van der Waals surface area contributed by atoms with E-state index in [2.05, 4.69) is 5.32 Å². The van der Waals surface area contributed by atoms with E-state index >= 15 is 0 Å². The number of aliphatic carboxylic acids is 1. The minimum Gasteiger partial charge on any atom is -0.496 e. The van der Waals surface area contributed by atoms with Crippen LogP contribution in [0.15, 0.2) is 72.8 Å². The van der Waals surface area contributed by atoms with Gasteiger partial charge < -0.3 is 15.2 Å². The van der Waals surface area contributed by atoms with Crippen molar-refractivity contribution in [1.82, 2.24) is 5.32 Å². The van der Waals surface area contributed by atoms with Crippen LogP contribution < -0.4 is 10.1 Å². The van der Waals surface area contributed by atoms with E-state index in [0.29, 0.717) is 5.56 Å². The van der Waals surface area contributed by atoms with Crippen molar-refractivity contribution in [1.29, 1.82) is 0 Å². The molecule has 0 aromatic heterocycles. The van der Waals surface area contributed by atoms with Gasteiger partial charge in [0.15, 0.2) is 0 Å². The molecule has 6 heteroatoms. The lowest BCUT2D eigenvalue weighted by Crippen LogP contribution is -2.43. The topological polar surface area (TPSA) is 75.6 Å². The number of benzene rings is 3. The molecule has 3 aromatic rings. The maximum absolute atomic E-state index is 13.0. The molecule has 30 heavy (non-hydrogen) atoms. The summed E-state index contributed by atoms with van der Waals surface area (Å²) in [6.45, 7) is 0. The number of amides is 1. The quantitative estimate of drug-likeness (QED) is 0.595. The number of carboxylic acids is 1. The van der Waals surface area contributed by atoms with Crippen molar-refractivity contribution >= 4 is 11.9 Å². The van der Waals surface area contributed by atoms with E-state index in [1.165, 1.54) is 24.3 Å². The molecule has 3 rings (SSSR count). The van der Waals surface area contributed by atoms with Gasteiger partial charge in [-0.25, -0.2) is 9.18 Å². The summed E-state index contributed by atoms with van der Waals surface area (Å²) in [6.07, 6.45) is 0.132. The number of carbonyl (C=O) groups is 2. The van der Waals surface area contributed by atoms with Crippen molar-refractivity contribution in [2.24, 2.45) is 0 Å². The van der Waals surface area contributed by atoms with Gasteiger partial charge in [-0.15, -0.1) is 0 Å². The summed E-state index contributed by atoms with van der Waals surface area (Å²) >= 11 is 0. The van der Waals surface area contributed by atoms with Crippen molar-refractivity contribution in [2.45, 2.75) is 18.9 Å². The van der Waals surface area contributed by atoms with Gasteiger partial charge in [0.05, 0.1) is 13.5 Å². The van der Waals surface area contributed by atoms with Crippen molar-refractivity contribution in [2.75, 3.05) is 7.11 Å². The first-order chi connectivity index (χ1) is 14.5. The molecule has 1 amide bonds. The average Bonchev–Trinajstić information content (AvgIpc) is 2.75. The van der Waals surface area contributed by atoms with E-state index in [-0.39, 0.29) is 18.7 Å². The molecule has 0 heterocycles. The lowest BCUT2D eigenvalue weighted by Gasteiger charge is -2.15. The molecule has 3 aromatic carbocycles. The zero-order chi connectivity index (χ0) is 21.5. The second kappa shape index (κ2) is 9.69. The Bertz CT molecular complexity index is 1020. The predicted octanol–water partition coefficient (Wildman–Crippen LogP) is 3.86. The number of nitrogens with one attached hydrogen (secondary N) is 1. The maximum Gasteiger partial charge on any atom is 0.326 e. The predicted molar refractivity (Wildman–Crippen MR) is 112 cm³/mol. The van der Waals surface area contributed by atoms with E-state index in [9.17, 15) is 19.1 Å². The van der Waals surface area contributed by atoms with Gasteiger partial charge in [-0.2, -0.15) is 0 Å². The monoisotopic (exact) mass is 407 g/mol. The summed E-state index contributed by atoms with van der Waals surface area (Å²) in [6, 6.07) is 19.6. The summed E-state index contributed by atoms with van der Waals surface area (Å²) in [5, 5.41) is 12.0. The highest BCUT2D eigenvalue weighted by Crippen LogP contribution is 2.29. The largest absolute Gasteiger partial charge is 0.496 e. The zero-order valence-electron chi connectivity index (χ0n) is 16.5. The van der Waals surface area contributed by atoms with Crippen LogP contribution in [0.2, 0.25) is 0 Å². The van der Waals surface area contributed by atoms with Crippen molar-refractivity contribution in [3.05, 3.63) is 89.7 Å². The molecule has 0 spiro atoms. The van der Waals surface area contributed by atoms with Crippen LogP contribution in [-0.4, -0.2) is 30.1 Å². The molecular weight excluding hydrogens is 385 g/mol. The number of methoxy groups -OCH3 is 1. The molecule has 0 saturated carbocycles. The Labute approximate surface area is 174 Å². The fourth-order valence-electron chi connectivity index (χ4n) is 3.17. The van der Waals surface area contributed by atoms with E-state index in [0.717, 1.165) is 22.4 Å². The first kappa shape index (κ1) is 21.0. The van der Waals surface area contributed by atoms with Crippen LogP contribution in [0.1, 0.15) is 11.1 Å². The molecule has 5 nitrogen and oxygen atoms in total. The van der Waals surface area contributed by atoms with Gasteiger partial charge in [0, 0.05) is 12.0 Å². The van der Waals surface area contributed by atoms with E-state index < -0.39 is 17.9 Å². The number of rotatable bonds is 8. The average molecular weight is 407 g/mol. The maximum atomic E-state index is 13.0. The number of carboxylic acid groups (broad SMARTS) is 1. The van der Waals surface area contributed by atoms with Gasteiger partial charge in [0.2, 0.25) is 5.91 Å². The molecular formula is C24H22FNO4. The first-order valence-electron chi connectivity index (χ1n) is 9.45. The van der Waals surface area contributed by atoms with Gasteiger partial charge in [-0.05, 0) is 34.9 Å². The van der Waals surface area contributed by atoms with Gasteiger partial charge in [0.25, 0.3) is 0 Å². The third-order valence-corrected chi connectivity index (χ3v) is 4.72. The number of carbonyl (C=O) groups excluding carboxylic acids is 1. The number of halogens is 1. The zero-order valence-corrected chi connectivity index (χ0v) is 16.5. The summed E-state index contributed by atoms with van der Waals surface area (Å²) in [7, 11) is 1.61. The molecule has 0 aliphatic carbocycles. The van der Waals surface area contributed by atoms with Crippen LogP contribution in [0.4, 0.5) is 4.39 Å². The molecule has 0 bridgehead atoms. The second-order valence-corrected chi connectivity index (χ2v) is 6.86.